The Labute approximate surface area is 116 Å². The molecule has 8 nitrogen and oxygen atoms in total. The van der Waals surface area contributed by atoms with E-state index in [0.29, 0.717) is 23.6 Å². The second-order valence-electron chi connectivity index (χ2n) is 4.98. The van der Waals surface area contributed by atoms with Crippen molar-refractivity contribution in [2.75, 3.05) is 12.3 Å². The van der Waals surface area contributed by atoms with E-state index >= 15 is 0 Å². The SMILES string of the molecule is CC1C(n2cnc3c(N)ncnc32)OC2COPO[C@H]21. The van der Waals surface area contributed by atoms with Gasteiger partial charge >= 0.3 is 0 Å². The minimum absolute atomic E-state index is 0.0451. The van der Waals surface area contributed by atoms with Gasteiger partial charge in [0, 0.05) is 5.92 Å². The standard InChI is InChI=1S/C11H14N5O3P/c1-5-8-6(2-17-20-19-8)18-11(5)16-4-15-7-9(12)13-3-14-10(7)16/h3-6,8,11,20H,2H2,1H3,(H2,12,13,14)/t5?,6?,8-,11?/m0/s1. The Bertz CT molecular complexity index is 650. The number of fused-ring (bicyclic) bond motifs is 2. The van der Waals surface area contributed by atoms with Crippen LogP contribution in [0.25, 0.3) is 11.2 Å². The summed E-state index contributed by atoms with van der Waals surface area (Å²) in [4.78, 5) is 12.5. The van der Waals surface area contributed by atoms with Crippen molar-refractivity contribution in [3.8, 4) is 0 Å². The Morgan fingerprint density at radius 2 is 2.30 bits per heavy atom. The molecular weight excluding hydrogens is 281 g/mol. The molecule has 4 rings (SSSR count). The zero-order chi connectivity index (χ0) is 13.7. The first-order chi connectivity index (χ1) is 9.75. The van der Waals surface area contributed by atoms with Gasteiger partial charge in [-0.05, 0) is 0 Å². The van der Waals surface area contributed by atoms with Gasteiger partial charge in [0.05, 0.1) is 19.0 Å². The number of nitrogens with two attached hydrogens (primary N) is 1. The van der Waals surface area contributed by atoms with Crippen molar-refractivity contribution in [2.45, 2.75) is 25.4 Å². The van der Waals surface area contributed by atoms with Gasteiger partial charge in [-0.2, -0.15) is 0 Å². The molecule has 0 aromatic carbocycles. The van der Waals surface area contributed by atoms with Crippen molar-refractivity contribution >= 4 is 26.0 Å². The van der Waals surface area contributed by atoms with Crippen molar-refractivity contribution in [3.05, 3.63) is 12.7 Å². The highest BCUT2D eigenvalue weighted by Gasteiger charge is 2.46. The Morgan fingerprint density at radius 1 is 1.40 bits per heavy atom. The molecule has 0 saturated carbocycles. The van der Waals surface area contributed by atoms with Crippen molar-refractivity contribution in [1.29, 1.82) is 0 Å². The molecule has 4 unspecified atom stereocenters. The lowest BCUT2D eigenvalue weighted by Crippen LogP contribution is -2.32. The van der Waals surface area contributed by atoms with E-state index in [9.17, 15) is 0 Å². The summed E-state index contributed by atoms with van der Waals surface area (Å²) in [5.74, 6) is 0.558. The average molecular weight is 295 g/mol. The van der Waals surface area contributed by atoms with Crippen LogP contribution in [0.2, 0.25) is 0 Å². The molecule has 106 valence electrons. The van der Waals surface area contributed by atoms with E-state index in [-0.39, 0.29) is 33.4 Å². The molecule has 2 aromatic rings. The van der Waals surface area contributed by atoms with Crippen molar-refractivity contribution < 1.29 is 13.8 Å². The molecule has 2 N–H and O–H groups in total. The molecule has 2 saturated heterocycles. The van der Waals surface area contributed by atoms with Crippen LogP contribution in [-0.4, -0.2) is 38.3 Å². The fourth-order valence-corrected chi connectivity index (χ4v) is 3.56. The number of imidazole rings is 1. The van der Waals surface area contributed by atoms with Crippen LogP contribution in [0.5, 0.6) is 0 Å². The number of nitrogens with zero attached hydrogens (tertiary/aromatic N) is 4. The van der Waals surface area contributed by atoms with Crippen LogP contribution in [0.1, 0.15) is 13.2 Å². The highest BCUT2D eigenvalue weighted by atomic mass is 31.1. The van der Waals surface area contributed by atoms with Gasteiger partial charge in [-0.15, -0.1) is 0 Å². The number of rotatable bonds is 1. The Kier molecular flexibility index (Phi) is 2.85. The van der Waals surface area contributed by atoms with E-state index in [1.54, 1.807) is 6.33 Å². The van der Waals surface area contributed by atoms with E-state index < -0.39 is 0 Å². The summed E-state index contributed by atoms with van der Waals surface area (Å²) in [6.45, 7) is 2.66. The molecule has 5 atom stereocenters. The van der Waals surface area contributed by atoms with Gasteiger partial charge in [0.1, 0.15) is 24.2 Å². The number of anilines is 1. The lowest BCUT2D eigenvalue weighted by Gasteiger charge is -2.25. The Hall–Kier alpha value is -1.34. The van der Waals surface area contributed by atoms with E-state index in [2.05, 4.69) is 21.9 Å². The number of nitrogen functional groups attached to an aromatic ring is 1. The zero-order valence-electron chi connectivity index (χ0n) is 10.8. The van der Waals surface area contributed by atoms with Crippen LogP contribution in [0, 0.1) is 5.92 Å². The second-order valence-corrected chi connectivity index (χ2v) is 5.68. The number of hydrogen-bond acceptors (Lipinski definition) is 7. The van der Waals surface area contributed by atoms with Crippen LogP contribution < -0.4 is 5.73 Å². The van der Waals surface area contributed by atoms with E-state index in [4.69, 9.17) is 19.5 Å². The van der Waals surface area contributed by atoms with Crippen LogP contribution in [0.4, 0.5) is 5.82 Å². The topological polar surface area (TPSA) is 97.3 Å². The normalized spacial score (nSPS) is 34.6. The summed E-state index contributed by atoms with van der Waals surface area (Å²) in [7, 11) is 0.0844. The number of aromatic nitrogens is 4. The van der Waals surface area contributed by atoms with Crippen LogP contribution in [0.15, 0.2) is 12.7 Å². The maximum absolute atomic E-state index is 6.05. The van der Waals surface area contributed by atoms with E-state index in [1.165, 1.54) is 6.33 Å². The first kappa shape index (κ1) is 12.4. The van der Waals surface area contributed by atoms with Gasteiger partial charge < -0.3 is 19.5 Å². The first-order valence-electron chi connectivity index (χ1n) is 6.36. The average Bonchev–Trinajstić information content (AvgIpc) is 3.02. The van der Waals surface area contributed by atoms with Crippen LogP contribution in [0.3, 0.4) is 0 Å². The third kappa shape index (κ3) is 1.73. The molecule has 2 aliphatic heterocycles. The molecular formula is C11H14N5O3P. The van der Waals surface area contributed by atoms with Crippen LogP contribution in [-0.2, 0) is 13.8 Å². The van der Waals surface area contributed by atoms with Gasteiger partial charge in [0.15, 0.2) is 20.5 Å². The molecule has 0 radical (unpaired) electrons. The summed E-state index contributed by atoms with van der Waals surface area (Å²) in [6, 6.07) is 0. The predicted octanol–water partition coefficient (Wildman–Crippen LogP) is 0.866. The summed E-state index contributed by atoms with van der Waals surface area (Å²) in [5.41, 5.74) is 7.08. The van der Waals surface area contributed by atoms with Gasteiger partial charge in [0.25, 0.3) is 0 Å². The van der Waals surface area contributed by atoms with Crippen LogP contribution >= 0.6 is 9.03 Å². The van der Waals surface area contributed by atoms with Crippen molar-refractivity contribution in [1.82, 2.24) is 19.5 Å². The maximum Gasteiger partial charge on any atom is 0.167 e. The van der Waals surface area contributed by atoms with E-state index in [1.807, 2.05) is 4.57 Å². The van der Waals surface area contributed by atoms with Gasteiger partial charge in [-0.1, -0.05) is 6.92 Å². The minimum Gasteiger partial charge on any atom is -0.382 e. The fraction of sp³-hybridized carbons (Fsp3) is 0.545. The Balaban J connectivity index is 1.74. The zero-order valence-corrected chi connectivity index (χ0v) is 11.8. The smallest absolute Gasteiger partial charge is 0.167 e. The summed E-state index contributed by atoms with van der Waals surface area (Å²) in [5, 5.41) is 0. The second kappa shape index (κ2) is 4.60. The highest BCUT2D eigenvalue weighted by Crippen LogP contribution is 2.43. The molecule has 9 heteroatoms. The molecule has 0 amide bonds. The summed E-state index contributed by atoms with van der Waals surface area (Å²) in [6.07, 6.45) is 2.94. The predicted molar refractivity (Wildman–Crippen MR) is 71.9 cm³/mol. The summed E-state index contributed by atoms with van der Waals surface area (Å²) >= 11 is 0. The largest absolute Gasteiger partial charge is 0.382 e. The molecule has 2 fully saturated rings. The maximum atomic E-state index is 6.05. The van der Waals surface area contributed by atoms with Gasteiger partial charge in [-0.25, -0.2) is 15.0 Å². The molecule has 0 aliphatic carbocycles. The van der Waals surface area contributed by atoms with Crippen molar-refractivity contribution in [3.63, 3.8) is 0 Å². The Morgan fingerprint density at radius 3 is 3.15 bits per heavy atom. The van der Waals surface area contributed by atoms with Gasteiger partial charge in [-0.3, -0.25) is 4.57 Å². The lowest BCUT2D eigenvalue weighted by atomic mass is 10.0. The fourth-order valence-electron chi connectivity index (χ4n) is 2.78. The van der Waals surface area contributed by atoms with Crippen molar-refractivity contribution in [2.24, 2.45) is 5.92 Å². The minimum atomic E-state index is -0.184. The summed E-state index contributed by atoms with van der Waals surface area (Å²) < 4.78 is 18.9. The molecule has 20 heavy (non-hydrogen) atoms. The molecule has 0 spiro atoms. The lowest BCUT2D eigenvalue weighted by molar-refractivity contribution is -0.0480. The molecule has 2 aromatic heterocycles. The quantitative estimate of drug-likeness (QED) is 0.779. The molecule has 4 heterocycles. The molecule has 0 bridgehead atoms. The highest BCUT2D eigenvalue weighted by molar-refractivity contribution is 7.26. The third-order valence-corrected chi connectivity index (χ3v) is 4.45. The first-order valence-corrected chi connectivity index (χ1v) is 7.18. The number of ether oxygens (including phenoxy) is 1. The monoisotopic (exact) mass is 295 g/mol. The number of hydrogen-bond donors (Lipinski definition) is 1. The van der Waals surface area contributed by atoms with Gasteiger partial charge in [0.2, 0.25) is 0 Å². The molecule has 2 aliphatic rings. The third-order valence-electron chi connectivity index (χ3n) is 3.80. The van der Waals surface area contributed by atoms with E-state index in [0.717, 1.165) is 0 Å².